The van der Waals surface area contributed by atoms with Crippen LogP contribution in [0.5, 0.6) is 0 Å². The lowest BCUT2D eigenvalue weighted by atomic mass is 10.0. The van der Waals surface area contributed by atoms with Gasteiger partial charge in [-0.05, 0) is 30.7 Å². The highest BCUT2D eigenvalue weighted by molar-refractivity contribution is 6.35. The highest BCUT2D eigenvalue weighted by atomic mass is 35.5. The van der Waals surface area contributed by atoms with Crippen LogP contribution in [-0.4, -0.2) is 13.1 Å². The molecule has 2 aromatic rings. The van der Waals surface area contributed by atoms with Crippen LogP contribution >= 0.6 is 11.6 Å². The Kier molecular flexibility index (Phi) is 2.65. The van der Waals surface area contributed by atoms with Crippen molar-refractivity contribution in [3.8, 4) is 0 Å². The molecule has 88 valence electrons. The second-order valence-electron chi connectivity index (χ2n) is 4.08. The van der Waals surface area contributed by atoms with Gasteiger partial charge in [-0.3, -0.25) is 0 Å². The summed E-state index contributed by atoms with van der Waals surface area (Å²) in [5.41, 5.74) is 2.60. The van der Waals surface area contributed by atoms with Crippen molar-refractivity contribution >= 4 is 28.1 Å². The van der Waals surface area contributed by atoms with E-state index in [1.807, 2.05) is 0 Å². The minimum atomic E-state index is -0.448. The molecule has 0 aliphatic carbocycles. The normalized spacial score (nSPS) is 16.2. The van der Waals surface area contributed by atoms with Gasteiger partial charge in [-0.2, -0.15) is 0 Å². The monoisotopic (exact) mass is 251 g/mol. The van der Waals surface area contributed by atoms with Crippen LogP contribution in [-0.2, 0) is 0 Å². The molecule has 2 heterocycles. The van der Waals surface area contributed by atoms with Crippen molar-refractivity contribution < 1.29 is 8.81 Å². The molecule has 0 saturated heterocycles. The summed E-state index contributed by atoms with van der Waals surface area (Å²) in [7, 11) is 0. The molecule has 2 nitrogen and oxygen atoms in total. The summed E-state index contributed by atoms with van der Waals surface area (Å²) in [4.78, 5) is 0. The van der Waals surface area contributed by atoms with E-state index in [9.17, 15) is 4.39 Å². The van der Waals surface area contributed by atoms with Gasteiger partial charge in [0, 0.05) is 17.5 Å². The summed E-state index contributed by atoms with van der Waals surface area (Å²) in [6.45, 7) is 1.80. The Balaban J connectivity index is 2.18. The van der Waals surface area contributed by atoms with E-state index in [0.717, 1.165) is 30.5 Å². The first-order valence-corrected chi connectivity index (χ1v) is 5.90. The van der Waals surface area contributed by atoms with Crippen molar-refractivity contribution in [1.82, 2.24) is 5.32 Å². The third-order valence-corrected chi connectivity index (χ3v) is 3.36. The first-order valence-electron chi connectivity index (χ1n) is 5.52. The number of rotatable bonds is 1. The molecule has 1 aromatic carbocycles. The fourth-order valence-electron chi connectivity index (χ4n) is 2.14. The van der Waals surface area contributed by atoms with Crippen molar-refractivity contribution in [3.05, 3.63) is 40.9 Å². The lowest BCUT2D eigenvalue weighted by Gasteiger charge is -2.12. The van der Waals surface area contributed by atoms with Crippen LogP contribution in [0.25, 0.3) is 16.5 Å². The molecular formula is C13H11ClFNO. The summed E-state index contributed by atoms with van der Waals surface area (Å²) in [6.07, 6.45) is 4.82. The molecule has 0 bridgehead atoms. The van der Waals surface area contributed by atoms with E-state index in [2.05, 4.69) is 11.4 Å². The Bertz CT molecular complexity index is 603. The van der Waals surface area contributed by atoms with E-state index in [-0.39, 0.29) is 5.02 Å². The average molecular weight is 252 g/mol. The summed E-state index contributed by atoms with van der Waals surface area (Å²) in [6, 6.07) is 3.09. The smallest absolute Gasteiger partial charge is 0.156 e. The largest absolute Gasteiger partial charge is 0.462 e. The maximum Gasteiger partial charge on any atom is 0.156 e. The van der Waals surface area contributed by atoms with Crippen LogP contribution in [0.2, 0.25) is 5.02 Å². The number of furan rings is 1. The fourth-order valence-corrected chi connectivity index (χ4v) is 2.35. The van der Waals surface area contributed by atoms with Gasteiger partial charge in [-0.25, -0.2) is 4.39 Å². The van der Waals surface area contributed by atoms with Gasteiger partial charge < -0.3 is 9.73 Å². The standard InChI is InChI=1S/C13H11ClFNO/c14-12-11(15)4-3-9-10(7-17-13(9)12)8-2-1-5-16-6-8/h2-4,7,16H,1,5-6H2. The SMILES string of the molecule is Fc1ccc2c(C3=CCCNC3)coc2c1Cl. The van der Waals surface area contributed by atoms with Crippen LogP contribution in [0, 0.1) is 5.82 Å². The molecule has 0 atom stereocenters. The van der Waals surface area contributed by atoms with Gasteiger partial charge in [0.15, 0.2) is 5.58 Å². The minimum Gasteiger partial charge on any atom is -0.462 e. The van der Waals surface area contributed by atoms with Crippen molar-refractivity contribution in [1.29, 1.82) is 0 Å². The molecule has 1 N–H and O–H groups in total. The molecule has 0 radical (unpaired) electrons. The summed E-state index contributed by atoms with van der Waals surface area (Å²) >= 11 is 5.87. The van der Waals surface area contributed by atoms with Gasteiger partial charge in [0.1, 0.15) is 10.8 Å². The zero-order valence-corrected chi connectivity index (χ0v) is 9.85. The van der Waals surface area contributed by atoms with Gasteiger partial charge in [-0.1, -0.05) is 17.7 Å². The van der Waals surface area contributed by atoms with E-state index >= 15 is 0 Å². The van der Waals surface area contributed by atoms with E-state index < -0.39 is 5.82 Å². The first kappa shape index (κ1) is 10.8. The number of halogens is 2. The molecule has 1 aliphatic heterocycles. The minimum absolute atomic E-state index is 0.0538. The Labute approximate surface area is 103 Å². The van der Waals surface area contributed by atoms with Gasteiger partial charge >= 0.3 is 0 Å². The van der Waals surface area contributed by atoms with E-state index in [0.29, 0.717) is 5.58 Å². The highest BCUT2D eigenvalue weighted by Crippen LogP contribution is 2.33. The van der Waals surface area contributed by atoms with Crippen LogP contribution in [0.3, 0.4) is 0 Å². The fraction of sp³-hybridized carbons (Fsp3) is 0.231. The molecule has 0 amide bonds. The molecule has 0 fully saturated rings. The third kappa shape index (κ3) is 1.75. The number of hydrogen-bond donors (Lipinski definition) is 1. The van der Waals surface area contributed by atoms with E-state index in [4.69, 9.17) is 16.0 Å². The third-order valence-electron chi connectivity index (χ3n) is 3.01. The van der Waals surface area contributed by atoms with Crippen LogP contribution in [0.1, 0.15) is 12.0 Å². The van der Waals surface area contributed by atoms with Crippen LogP contribution < -0.4 is 5.32 Å². The molecule has 3 rings (SSSR count). The topological polar surface area (TPSA) is 25.2 Å². The Hall–Kier alpha value is -1.32. The van der Waals surface area contributed by atoms with E-state index in [1.54, 1.807) is 12.3 Å². The lowest BCUT2D eigenvalue weighted by molar-refractivity contribution is 0.598. The highest BCUT2D eigenvalue weighted by Gasteiger charge is 2.16. The Morgan fingerprint density at radius 2 is 2.24 bits per heavy atom. The molecule has 17 heavy (non-hydrogen) atoms. The maximum atomic E-state index is 13.3. The van der Waals surface area contributed by atoms with Crippen molar-refractivity contribution in [2.45, 2.75) is 6.42 Å². The number of nitrogens with one attached hydrogen (secondary N) is 1. The summed E-state index contributed by atoms with van der Waals surface area (Å²) in [5.74, 6) is -0.448. The van der Waals surface area contributed by atoms with Gasteiger partial charge in [0.25, 0.3) is 0 Å². The average Bonchev–Trinajstić information content (AvgIpc) is 2.79. The van der Waals surface area contributed by atoms with E-state index in [1.165, 1.54) is 11.6 Å². The van der Waals surface area contributed by atoms with Gasteiger partial charge in [0.2, 0.25) is 0 Å². The van der Waals surface area contributed by atoms with Crippen LogP contribution in [0.15, 0.2) is 28.9 Å². The molecule has 1 aliphatic rings. The Morgan fingerprint density at radius 3 is 3.00 bits per heavy atom. The molecule has 0 unspecified atom stereocenters. The number of fused-ring (bicyclic) bond motifs is 1. The number of benzene rings is 1. The quantitative estimate of drug-likeness (QED) is 0.838. The second kappa shape index (κ2) is 4.17. The Morgan fingerprint density at radius 1 is 1.35 bits per heavy atom. The lowest BCUT2D eigenvalue weighted by Crippen LogP contribution is -2.21. The summed E-state index contributed by atoms with van der Waals surface area (Å²) < 4.78 is 18.7. The van der Waals surface area contributed by atoms with Crippen molar-refractivity contribution in [2.24, 2.45) is 0 Å². The molecule has 1 aromatic heterocycles. The molecule has 0 spiro atoms. The molecule has 0 saturated carbocycles. The molecule has 4 heteroatoms. The maximum absolute atomic E-state index is 13.3. The summed E-state index contributed by atoms with van der Waals surface area (Å²) in [5, 5.41) is 4.22. The second-order valence-corrected chi connectivity index (χ2v) is 4.46. The number of hydrogen-bond acceptors (Lipinski definition) is 2. The zero-order valence-electron chi connectivity index (χ0n) is 9.09. The predicted octanol–water partition coefficient (Wildman–Crippen LogP) is 3.60. The van der Waals surface area contributed by atoms with Gasteiger partial charge in [0.05, 0.1) is 6.26 Å². The molecular weight excluding hydrogens is 241 g/mol. The zero-order chi connectivity index (χ0) is 11.8. The van der Waals surface area contributed by atoms with Crippen LogP contribution in [0.4, 0.5) is 4.39 Å². The predicted molar refractivity (Wildman–Crippen MR) is 66.6 cm³/mol. The first-order chi connectivity index (χ1) is 8.27. The van der Waals surface area contributed by atoms with Crippen molar-refractivity contribution in [2.75, 3.05) is 13.1 Å². The van der Waals surface area contributed by atoms with Gasteiger partial charge in [-0.15, -0.1) is 0 Å². The van der Waals surface area contributed by atoms with Crippen molar-refractivity contribution in [3.63, 3.8) is 0 Å².